The standard InChI is InChI=1S/C22H22.Zr/c1-15-10-11-17(12-15)16(2)13-18-7-5-9-21-20-8-4-3-6-19(20)14-22(18)21;/h3-10,12,16H,11,13-14H2,1-2H3;. The van der Waals surface area contributed by atoms with Gasteiger partial charge in [0, 0.05) is 26.2 Å². The third kappa shape index (κ3) is 3.09. The van der Waals surface area contributed by atoms with Gasteiger partial charge in [0.25, 0.3) is 0 Å². The molecular formula is C22H22Zr. The zero-order valence-corrected chi connectivity index (χ0v) is 16.4. The number of rotatable bonds is 3. The molecule has 0 heterocycles. The molecule has 2 aromatic carbocycles. The SMILES string of the molecule is CC1=CCC(C(C)Cc2cccc3c2Cc2ccccc2-3)=C1.[Zr]. The molecule has 0 bridgehead atoms. The van der Waals surface area contributed by atoms with Gasteiger partial charge in [0.15, 0.2) is 0 Å². The minimum Gasteiger partial charge on any atom is -0.0775 e. The molecule has 2 aliphatic carbocycles. The van der Waals surface area contributed by atoms with E-state index in [1.54, 1.807) is 11.1 Å². The van der Waals surface area contributed by atoms with Crippen molar-refractivity contribution in [2.24, 2.45) is 5.92 Å². The summed E-state index contributed by atoms with van der Waals surface area (Å²) >= 11 is 0. The predicted molar refractivity (Wildman–Crippen MR) is 94.0 cm³/mol. The van der Waals surface area contributed by atoms with Crippen molar-refractivity contribution in [2.75, 3.05) is 0 Å². The summed E-state index contributed by atoms with van der Waals surface area (Å²) in [6.07, 6.45) is 8.12. The number of fused-ring (bicyclic) bond motifs is 3. The van der Waals surface area contributed by atoms with Gasteiger partial charge in [0.05, 0.1) is 0 Å². The summed E-state index contributed by atoms with van der Waals surface area (Å²) < 4.78 is 0. The zero-order chi connectivity index (χ0) is 15.1. The third-order valence-electron chi connectivity index (χ3n) is 5.18. The monoisotopic (exact) mass is 376 g/mol. The van der Waals surface area contributed by atoms with Crippen LogP contribution in [0.1, 0.15) is 37.0 Å². The Morgan fingerprint density at radius 2 is 1.78 bits per heavy atom. The molecule has 2 aromatic rings. The Morgan fingerprint density at radius 1 is 1.00 bits per heavy atom. The average Bonchev–Trinajstić information content (AvgIpc) is 3.12. The van der Waals surface area contributed by atoms with E-state index in [4.69, 9.17) is 0 Å². The summed E-state index contributed by atoms with van der Waals surface area (Å²) in [6.45, 7) is 4.58. The van der Waals surface area contributed by atoms with Crippen molar-refractivity contribution in [3.63, 3.8) is 0 Å². The van der Waals surface area contributed by atoms with E-state index in [9.17, 15) is 0 Å². The van der Waals surface area contributed by atoms with Gasteiger partial charge in [-0.3, -0.25) is 0 Å². The minimum absolute atomic E-state index is 0. The van der Waals surface area contributed by atoms with Crippen molar-refractivity contribution in [1.29, 1.82) is 0 Å². The van der Waals surface area contributed by atoms with Gasteiger partial charge < -0.3 is 0 Å². The van der Waals surface area contributed by atoms with E-state index in [1.165, 1.54) is 27.8 Å². The quantitative estimate of drug-likeness (QED) is 0.548. The third-order valence-corrected chi connectivity index (χ3v) is 5.18. The molecule has 1 atom stereocenters. The molecule has 0 saturated heterocycles. The minimum atomic E-state index is 0. The number of hydrogen-bond donors (Lipinski definition) is 0. The molecule has 114 valence electrons. The van der Waals surface area contributed by atoms with Crippen molar-refractivity contribution in [1.82, 2.24) is 0 Å². The second-order valence-corrected chi connectivity index (χ2v) is 6.75. The Hall–Kier alpha value is -1.20. The van der Waals surface area contributed by atoms with E-state index in [0.29, 0.717) is 5.92 Å². The molecule has 0 saturated carbocycles. The molecule has 0 aliphatic heterocycles. The summed E-state index contributed by atoms with van der Waals surface area (Å²) in [5, 5.41) is 0. The van der Waals surface area contributed by atoms with Gasteiger partial charge in [0.1, 0.15) is 0 Å². The van der Waals surface area contributed by atoms with E-state index in [1.807, 2.05) is 0 Å². The van der Waals surface area contributed by atoms with Crippen LogP contribution in [0, 0.1) is 5.92 Å². The van der Waals surface area contributed by atoms with Gasteiger partial charge in [-0.1, -0.05) is 72.7 Å². The maximum Gasteiger partial charge on any atom is 0 e. The van der Waals surface area contributed by atoms with Gasteiger partial charge >= 0.3 is 0 Å². The Labute approximate surface area is 158 Å². The van der Waals surface area contributed by atoms with Crippen LogP contribution in [0.25, 0.3) is 11.1 Å². The Balaban J connectivity index is 0.00000156. The summed E-state index contributed by atoms with van der Waals surface area (Å²) in [5.41, 5.74) is 10.5. The normalized spacial score (nSPS) is 16.1. The summed E-state index contributed by atoms with van der Waals surface area (Å²) in [6, 6.07) is 15.7. The van der Waals surface area contributed by atoms with Crippen LogP contribution < -0.4 is 0 Å². The largest absolute Gasteiger partial charge is 0.0775 e. The van der Waals surface area contributed by atoms with Crippen LogP contribution in [0.5, 0.6) is 0 Å². The van der Waals surface area contributed by atoms with Crippen molar-refractivity contribution in [3.8, 4) is 11.1 Å². The van der Waals surface area contributed by atoms with Gasteiger partial charge in [-0.2, -0.15) is 0 Å². The van der Waals surface area contributed by atoms with Crippen LogP contribution in [-0.2, 0) is 39.0 Å². The summed E-state index contributed by atoms with van der Waals surface area (Å²) in [5.74, 6) is 0.629. The van der Waals surface area contributed by atoms with Crippen LogP contribution in [-0.4, -0.2) is 0 Å². The number of hydrogen-bond acceptors (Lipinski definition) is 0. The Morgan fingerprint density at radius 3 is 2.57 bits per heavy atom. The topological polar surface area (TPSA) is 0 Å². The fourth-order valence-electron chi connectivity index (χ4n) is 3.91. The summed E-state index contributed by atoms with van der Waals surface area (Å²) in [7, 11) is 0. The van der Waals surface area contributed by atoms with Crippen LogP contribution in [0.4, 0.5) is 0 Å². The second-order valence-electron chi connectivity index (χ2n) is 6.75. The molecule has 0 aromatic heterocycles. The van der Waals surface area contributed by atoms with E-state index < -0.39 is 0 Å². The van der Waals surface area contributed by atoms with Crippen molar-refractivity contribution in [2.45, 2.75) is 33.1 Å². The molecule has 0 spiro atoms. The van der Waals surface area contributed by atoms with Gasteiger partial charge in [0.2, 0.25) is 0 Å². The van der Waals surface area contributed by atoms with Crippen LogP contribution in [0.3, 0.4) is 0 Å². The van der Waals surface area contributed by atoms with Gasteiger partial charge in [-0.25, -0.2) is 0 Å². The molecule has 0 amide bonds. The fourth-order valence-corrected chi connectivity index (χ4v) is 3.91. The van der Waals surface area contributed by atoms with Crippen LogP contribution in [0.15, 0.2) is 65.8 Å². The molecule has 0 nitrogen and oxygen atoms in total. The van der Waals surface area contributed by atoms with Gasteiger partial charge in [-0.05, 0) is 59.9 Å². The average molecular weight is 378 g/mol. The molecule has 1 unspecified atom stereocenters. The molecule has 0 N–H and O–H groups in total. The fraction of sp³-hybridized carbons (Fsp3) is 0.273. The molecule has 23 heavy (non-hydrogen) atoms. The van der Waals surface area contributed by atoms with Gasteiger partial charge in [-0.15, -0.1) is 0 Å². The smallest absolute Gasteiger partial charge is 0 e. The molecule has 1 heteroatoms. The first-order valence-electron chi connectivity index (χ1n) is 8.28. The van der Waals surface area contributed by atoms with Crippen molar-refractivity contribution in [3.05, 3.63) is 82.5 Å². The second kappa shape index (κ2) is 6.74. The van der Waals surface area contributed by atoms with Crippen molar-refractivity contribution < 1.29 is 26.2 Å². The maximum absolute atomic E-state index is 2.38. The molecular weight excluding hydrogens is 355 g/mol. The van der Waals surface area contributed by atoms with Crippen LogP contribution >= 0.6 is 0 Å². The molecule has 0 radical (unpaired) electrons. The first kappa shape index (κ1) is 16.7. The summed E-state index contributed by atoms with van der Waals surface area (Å²) in [4.78, 5) is 0. The molecule has 0 fully saturated rings. The first-order chi connectivity index (χ1) is 10.7. The Kier molecular flexibility index (Phi) is 4.88. The van der Waals surface area contributed by atoms with E-state index in [-0.39, 0.29) is 26.2 Å². The molecule has 4 rings (SSSR count). The Bertz CT molecular complexity index is 795. The van der Waals surface area contributed by atoms with E-state index >= 15 is 0 Å². The van der Waals surface area contributed by atoms with Crippen LogP contribution in [0.2, 0.25) is 0 Å². The zero-order valence-electron chi connectivity index (χ0n) is 13.9. The van der Waals surface area contributed by atoms with E-state index in [2.05, 4.69) is 68.5 Å². The number of allylic oxidation sites excluding steroid dienone is 4. The van der Waals surface area contributed by atoms with E-state index in [0.717, 1.165) is 19.3 Å². The maximum atomic E-state index is 2.38. The molecule has 2 aliphatic rings. The predicted octanol–water partition coefficient (Wildman–Crippen LogP) is 5.71. The number of benzene rings is 2. The van der Waals surface area contributed by atoms with Crippen molar-refractivity contribution >= 4 is 0 Å². The first-order valence-corrected chi connectivity index (χ1v) is 8.28.